The fraction of sp³-hybridized carbons (Fsp3) is 0.500. The molecule has 0 radical (unpaired) electrons. The summed E-state index contributed by atoms with van der Waals surface area (Å²) in [5, 5.41) is 5.32. The van der Waals surface area contributed by atoms with Gasteiger partial charge in [0.2, 0.25) is 0 Å². The Hall–Kier alpha value is -1.72. The number of benzene rings is 1. The van der Waals surface area contributed by atoms with Gasteiger partial charge in [-0.05, 0) is 32.4 Å². The highest BCUT2D eigenvalue weighted by molar-refractivity contribution is 6.00. The molecule has 20 heavy (non-hydrogen) atoms. The van der Waals surface area contributed by atoms with Gasteiger partial charge in [0.1, 0.15) is 0 Å². The van der Waals surface area contributed by atoms with Gasteiger partial charge in [-0.15, -0.1) is 0 Å². The van der Waals surface area contributed by atoms with Crippen LogP contribution in [0, 0.1) is 0 Å². The number of rotatable bonds is 5. The number of para-hydroxylation sites is 1. The van der Waals surface area contributed by atoms with Gasteiger partial charge < -0.3 is 10.6 Å². The van der Waals surface area contributed by atoms with Gasteiger partial charge in [-0.1, -0.05) is 13.0 Å². The zero-order valence-electron chi connectivity index (χ0n) is 11.8. The van der Waals surface area contributed by atoms with Gasteiger partial charge in [0.15, 0.2) is 0 Å². The normalized spacial score (nSPS) is 12.9. The molecule has 0 spiro atoms. The minimum absolute atomic E-state index is 0.0157. The Bertz CT molecular complexity index is 472. The maximum atomic E-state index is 13.0. The maximum Gasteiger partial charge on any atom is 0.418 e. The van der Waals surface area contributed by atoms with Gasteiger partial charge in [-0.2, -0.15) is 13.2 Å². The molecule has 1 amide bonds. The van der Waals surface area contributed by atoms with Gasteiger partial charge in [0.05, 0.1) is 16.8 Å². The number of anilines is 1. The van der Waals surface area contributed by atoms with Crippen LogP contribution in [0.25, 0.3) is 0 Å². The Morgan fingerprint density at radius 2 is 1.95 bits per heavy atom. The lowest BCUT2D eigenvalue weighted by atomic mass is 10.0. The van der Waals surface area contributed by atoms with Crippen molar-refractivity contribution in [2.45, 2.75) is 39.4 Å². The molecule has 0 aliphatic heterocycles. The van der Waals surface area contributed by atoms with E-state index in [0.717, 1.165) is 6.07 Å². The highest BCUT2D eigenvalue weighted by atomic mass is 19.4. The van der Waals surface area contributed by atoms with Gasteiger partial charge in [0.25, 0.3) is 5.91 Å². The number of alkyl halides is 3. The van der Waals surface area contributed by atoms with Gasteiger partial charge >= 0.3 is 6.18 Å². The molecule has 1 aromatic rings. The molecule has 1 unspecified atom stereocenters. The first kappa shape index (κ1) is 16.3. The van der Waals surface area contributed by atoms with Crippen LogP contribution in [0.5, 0.6) is 0 Å². The molecule has 0 aromatic heterocycles. The Kier molecular flexibility index (Phi) is 5.42. The van der Waals surface area contributed by atoms with E-state index in [2.05, 4.69) is 10.6 Å². The molecule has 2 N–H and O–H groups in total. The van der Waals surface area contributed by atoms with Gasteiger partial charge in [-0.3, -0.25) is 4.79 Å². The topological polar surface area (TPSA) is 41.1 Å². The summed E-state index contributed by atoms with van der Waals surface area (Å²) in [4.78, 5) is 12.1. The highest BCUT2D eigenvalue weighted by Crippen LogP contribution is 2.36. The van der Waals surface area contributed by atoms with Crippen LogP contribution in [0.1, 0.15) is 43.1 Å². The fourth-order valence-corrected chi connectivity index (χ4v) is 1.75. The SMILES string of the molecule is CCNc1c(C(=O)NC(C)CC)cccc1C(F)(F)F. The summed E-state index contributed by atoms with van der Waals surface area (Å²) in [6.07, 6.45) is -3.79. The fourth-order valence-electron chi connectivity index (χ4n) is 1.75. The summed E-state index contributed by atoms with van der Waals surface area (Å²) in [7, 11) is 0. The van der Waals surface area contributed by atoms with E-state index in [4.69, 9.17) is 0 Å². The Morgan fingerprint density at radius 1 is 1.30 bits per heavy atom. The number of amides is 1. The second-order valence-corrected chi connectivity index (χ2v) is 4.54. The third-order valence-corrected chi connectivity index (χ3v) is 2.96. The van der Waals surface area contributed by atoms with Gasteiger partial charge in [0, 0.05) is 12.6 Å². The van der Waals surface area contributed by atoms with E-state index < -0.39 is 17.6 Å². The van der Waals surface area contributed by atoms with Crippen molar-refractivity contribution in [3.63, 3.8) is 0 Å². The molecular formula is C14H19F3N2O. The van der Waals surface area contributed by atoms with Crippen LogP contribution in [-0.4, -0.2) is 18.5 Å². The molecule has 112 valence electrons. The zero-order valence-corrected chi connectivity index (χ0v) is 11.8. The average molecular weight is 288 g/mol. The Balaban J connectivity index is 3.22. The highest BCUT2D eigenvalue weighted by Gasteiger charge is 2.35. The first-order valence-corrected chi connectivity index (χ1v) is 6.56. The summed E-state index contributed by atoms with van der Waals surface area (Å²) >= 11 is 0. The van der Waals surface area contributed by atoms with Crippen LogP contribution >= 0.6 is 0 Å². The summed E-state index contributed by atoms with van der Waals surface area (Å²) in [6.45, 7) is 5.68. The first-order valence-electron chi connectivity index (χ1n) is 6.56. The summed E-state index contributed by atoms with van der Waals surface area (Å²) in [5.74, 6) is -0.499. The van der Waals surface area contributed by atoms with E-state index in [9.17, 15) is 18.0 Å². The van der Waals surface area contributed by atoms with Crippen LogP contribution in [0.15, 0.2) is 18.2 Å². The third kappa shape index (κ3) is 3.88. The summed E-state index contributed by atoms with van der Waals surface area (Å²) in [5.41, 5.74) is -0.971. The third-order valence-electron chi connectivity index (χ3n) is 2.96. The van der Waals surface area contributed by atoms with Crippen molar-refractivity contribution in [1.29, 1.82) is 0 Å². The van der Waals surface area contributed by atoms with Crippen molar-refractivity contribution < 1.29 is 18.0 Å². The average Bonchev–Trinajstić information content (AvgIpc) is 2.37. The van der Waals surface area contributed by atoms with Crippen molar-refractivity contribution in [3.8, 4) is 0 Å². The Morgan fingerprint density at radius 3 is 2.45 bits per heavy atom. The van der Waals surface area contributed by atoms with Crippen LogP contribution in [-0.2, 0) is 6.18 Å². The lowest BCUT2D eigenvalue weighted by Crippen LogP contribution is -2.32. The molecule has 1 rings (SSSR count). The molecule has 0 saturated heterocycles. The number of nitrogens with one attached hydrogen (secondary N) is 2. The molecule has 1 atom stereocenters. The molecule has 0 saturated carbocycles. The molecule has 0 aliphatic carbocycles. The smallest absolute Gasteiger partial charge is 0.384 e. The number of carbonyl (C=O) groups is 1. The lowest BCUT2D eigenvalue weighted by molar-refractivity contribution is -0.137. The number of halogens is 3. The van der Waals surface area contributed by atoms with Crippen LogP contribution in [0.4, 0.5) is 18.9 Å². The zero-order chi connectivity index (χ0) is 15.3. The lowest BCUT2D eigenvalue weighted by Gasteiger charge is -2.18. The monoisotopic (exact) mass is 288 g/mol. The minimum Gasteiger partial charge on any atom is -0.384 e. The first-order chi connectivity index (χ1) is 9.31. The van der Waals surface area contributed by atoms with Gasteiger partial charge in [-0.25, -0.2) is 0 Å². The van der Waals surface area contributed by atoms with E-state index in [-0.39, 0.29) is 17.3 Å². The van der Waals surface area contributed by atoms with Crippen LogP contribution in [0.2, 0.25) is 0 Å². The largest absolute Gasteiger partial charge is 0.418 e. The molecule has 3 nitrogen and oxygen atoms in total. The molecular weight excluding hydrogens is 269 g/mol. The predicted octanol–water partition coefficient (Wildman–Crippen LogP) is 3.67. The van der Waals surface area contributed by atoms with E-state index >= 15 is 0 Å². The van der Waals surface area contributed by atoms with Crippen molar-refractivity contribution in [1.82, 2.24) is 5.32 Å². The molecule has 0 heterocycles. The quantitative estimate of drug-likeness (QED) is 0.868. The standard InChI is InChI=1S/C14H19F3N2O/c1-4-9(3)19-13(20)10-7-6-8-11(14(15,16)17)12(10)18-5-2/h6-9,18H,4-5H2,1-3H3,(H,19,20). The van der Waals surface area contributed by atoms with E-state index in [1.54, 1.807) is 13.8 Å². The molecule has 0 aliphatic rings. The molecule has 0 fully saturated rings. The number of carbonyl (C=O) groups excluding carboxylic acids is 1. The summed E-state index contributed by atoms with van der Waals surface area (Å²) < 4.78 is 38.9. The van der Waals surface area contributed by atoms with E-state index in [0.29, 0.717) is 13.0 Å². The van der Waals surface area contributed by atoms with Crippen LogP contribution in [0.3, 0.4) is 0 Å². The number of hydrogen-bond acceptors (Lipinski definition) is 2. The maximum absolute atomic E-state index is 13.0. The second-order valence-electron chi connectivity index (χ2n) is 4.54. The van der Waals surface area contributed by atoms with Crippen molar-refractivity contribution in [2.24, 2.45) is 0 Å². The van der Waals surface area contributed by atoms with Crippen molar-refractivity contribution in [2.75, 3.05) is 11.9 Å². The Labute approximate surface area is 116 Å². The van der Waals surface area contributed by atoms with E-state index in [1.807, 2.05) is 6.92 Å². The second kappa shape index (κ2) is 6.63. The van der Waals surface area contributed by atoms with Crippen molar-refractivity contribution in [3.05, 3.63) is 29.3 Å². The molecule has 6 heteroatoms. The molecule has 1 aromatic carbocycles. The number of hydrogen-bond donors (Lipinski definition) is 2. The minimum atomic E-state index is -4.50. The van der Waals surface area contributed by atoms with Crippen molar-refractivity contribution >= 4 is 11.6 Å². The summed E-state index contributed by atoms with van der Waals surface area (Å²) in [6, 6.07) is 3.52. The van der Waals surface area contributed by atoms with E-state index in [1.165, 1.54) is 12.1 Å². The molecule has 0 bridgehead atoms. The van der Waals surface area contributed by atoms with Crippen LogP contribution < -0.4 is 10.6 Å². The predicted molar refractivity (Wildman–Crippen MR) is 72.8 cm³/mol.